The Morgan fingerprint density at radius 1 is 1.11 bits per heavy atom. The maximum Gasteiger partial charge on any atom is 0.265 e. The Kier molecular flexibility index (Phi) is 4.76. The average Bonchev–Trinajstić information content (AvgIpc) is 2.92. The van der Waals surface area contributed by atoms with Gasteiger partial charge in [-0.05, 0) is 44.1 Å². The minimum Gasteiger partial charge on any atom is -0.375 e. The van der Waals surface area contributed by atoms with Gasteiger partial charge >= 0.3 is 0 Å². The lowest BCUT2D eigenvalue weighted by Crippen LogP contribution is -2.47. The summed E-state index contributed by atoms with van der Waals surface area (Å²) in [6.45, 7) is 2.33. The molecule has 1 aromatic heterocycles. The van der Waals surface area contributed by atoms with Crippen LogP contribution in [0.3, 0.4) is 0 Å². The van der Waals surface area contributed by atoms with E-state index in [1.54, 1.807) is 35.4 Å². The number of rotatable bonds is 5. The number of amides is 1. The smallest absolute Gasteiger partial charge is 0.265 e. The zero-order valence-electron chi connectivity index (χ0n) is 15.2. The van der Waals surface area contributed by atoms with Gasteiger partial charge in [-0.25, -0.2) is 0 Å². The molecule has 0 unspecified atom stereocenters. The molecule has 0 radical (unpaired) electrons. The third kappa shape index (κ3) is 3.26. The Morgan fingerprint density at radius 3 is 2.63 bits per heavy atom. The van der Waals surface area contributed by atoms with E-state index in [0.717, 1.165) is 25.9 Å². The third-order valence-electron chi connectivity index (χ3n) is 5.43. The molecular formula is C21H23N3O3. The molecule has 0 aliphatic carbocycles. The number of Topliss-reactive ketones (excluding diaryl/α,β-unsaturated/α-hetero) is 1. The van der Waals surface area contributed by atoms with Gasteiger partial charge in [0, 0.05) is 23.5 Å². The van der Waals surface area contributed by atoms with Crippen molar-refractivity contribution in [3.05, 3.63) is 59.9 Å². The normalized spacial score (nSPS) is 22.7. The second-order valence-corrected chi connectivity index (χ2v) is 7.27. The minimum absolute atomic E-state index is 0.287. The quantitative estimate of drug-likeness (QED) is 0.824. The lowest BCUT2D eigenvalue weighted by molar-refractivity contribution is -0.136. The number of anilines is 1. The van der Waals surface area contributed by atoms with Crippen molar-refractivity contribution in [3.63, 3.8) is 0 Å². The van der Waals surface area contributed by atoms with Gasteiger partial charge in [-0.2, -0.15) is 0 Å². The Hall–Kier alpha value is -2.57. The molecule has 1 aromatic carbocycles. The van der Waals surface area contributed by atoms with Crippen molar-refractivity contribution in [2.45, 2.75) is 31.3 Å². The van der Waals surface area contributed by atoms with Crippen molar-refractivity contribution in [2.75, 3.05) is 24.7 Å². The van der Waals surface area contributed by atoms with E-state index in [9.17, 15) is 14.7 Å². The number of pyridine rings is 1. The van der Waals surface area contributed by atoms with E-state index in [1.807, 2.05) is 12.1 Å². The molecule has 6 nitrogen and oxygen atoms in total. The Morgan fingerprint density at radius 2 is 1.89 bits per heavy atom. The van der Waals surface area contributed by atoms with Crippen LogP contribution in [0.5, 0.6) is 0 Å². The first kappa shape index (κ1) is 17.8. The van der Waals surface area contributed by atoms with Gasteiger partial charge in [0.25, 0.3) is 5.91 Å². The predicted molar refractivity (Wildman–Crippen MR) is 101 cm³/mol. The van der Waals surface area contributed by atoms with E-state index in [-0.39, 0.29) is 12.2 Å². The molecular weight excluding hydrogens is 342 g/mol. The van der Waals surface area contributed by atoms with Crippen molar-refractivity contribution in [1.82, 2.24) is 9.88 Å². The molecule has 6 heteroatoms. The molecule has 2 aromatic rings. The molecule has 2 aliphatic rings. The molecule has 1 atom stereocenters. The fourth-order valence-corrected chi connectivity index (χ4v) is 3.98. The average molecular weight is 365 g/mol. The zero-order valence-corrected chi connectivity index (χ0v) is 15.2. The molecule has 2 aliphatic heterocycles. The summed E-state index contributed by atoms with van der Waals surface area (Å²) in [7, 11) is 0. The van der Waals surface area contributed by atoms with Crippen molar-refractivity contribution in [1.29, 1.82) is 0 Å². The number of fused-ring (bicyclic) bond motifs is 1. The number of ketones is 1. The molecule has 0 spiro atoms. The highest BCUT2D eigenvalue weighted by Crippen LogP contribution is 2.43. The second-order valence-electron chi connectivity index (χ2n) is 7.27. The van der Waals surface area contributed by atoms with Gasteiger partial charge in [-0.1, -0.05) is 24.6 Å². The summed E-state index contributed by atoms with van der Waals surface area (Å²) in [6, 6.07) is 10.5. The number of benzene rings is 1. The topological polar surface area (TPSA) is 73.7 Å². The molecule has 1 amide bonds. The number of aliphatic hydroxyl groups is 1. The molecule has 3 heterocycles. The van der Waals surface area contributed by atoms with Crippen molar-refractivity contribution in [2.24, 2.45) is 0 Å². The SMILES string of the molecule is O=C(C[C@@]1(O)C(=O)N(CN2CCCCC2)c2ccccc21)c1cccnc1. The highest BCUT2D eigenvalue weighted by atomic mass is 16.3. The second kappa shape index (κ2) is 7.21. The van der Waals surface area contributed by atoms with Crippen LogP contribution in [-0.2, 0) is 10.4 Å². The summed E-state index contributed by atoms with van der Waals surface area (Å²) in [5, 5.41) is 11.3. The van der Waals surface area contributed by atoms with Crippen LogP contribution in [0.1, 0.15) is 41.6 Å². The third-order valence-corrected chi connectivity index (χ3v) is 5.43. The number of carbonyl (C=O) groups excluding carboxylic acids is 2. The van der Waals surface area contributed by atoms with E-state index in [1.165, 1.54) is 12.6 Å². The van der Waals surface area contributed by atoms with Crippen LogP contribution in [0.4, 0.5) is 5.69 Å². The van der Waals surface area contributed by atoms with Crippen LogP contribution < -0.4 is 4.90 Å². The minimum atomic E-state index is -1.83. The van der Waals surface area contributed by atoms with E-state index in [2.05, 4.69) is 9.88 Å². The lowest BCUT2D eigenvalue weighted by Gasteiger charge is -2.31. The first-order valence-corrected chi connectivity index (χ1v) is 9.39. The largest absolute Gasteiger partial charge is 0.375 e. The Bertz CT molecular complexity index is 849. The predicted octanol–water partition coefficient (Wildman–Crippen LogP) is 2.33. The van der Waals surface area contributed by atoms with Crippen LogP contribution in [0.15, 0.2) is 48.8 Å². The monoisotopic (exact) mass is 365 g/mol. The highest BCUT2D eigenvalue weighted by Gasteiger charge is 2.51. The van der Waals surface area contributed by atoms with Crippen LogP contribution in [0.25, 0.3) is 0 Å². The summed E-state index contributed by atoms with van der Waals surface area (Å²) in [5.74, 6) is -0.722. The molecule has 1 saturated heterocycles. The number of piperidine rings is 1. The molecule has 0 saturated carbocycles. The van der Waals surface area contributed by atoms with E-state index in [4.69, 9.17) is 0 Å². The molecule has 1 fully saturated rings. The van der Waals surface area contributed by atoms with Gasteiger partial charge in [0.15, 0.2) is 11.4 Å². The number of para-hydroxylation sites is 1. The van der Waals surface area contributed by atoms with Gasteiger partial charge in [0.1, 0.15) is 0 Å². The fourth-order valence-electron chi connectivity index (χ4n) is 3.98. The molecule has 27 heavy (non-hydrogen) atoms. The summed E-state index contributed by atoms with van der Waals surface area (Å²) in [4.78, 5) is 33.7. The van der Waals surface area contributed by atoms with Crippen LogP contribution in [-0.4, -0.2) is 46.4 Å². The van der Waals surface area contributed by atoms with Gasteiger partial charge < -0.3 is 5.11 Å². The Labute approximate surface area is 158 Å². The zero-order chi connectivity index (χ0) is 18.9. The highest BCUT2D eigenvalue weighted by molar-refractivity contribution is 6.10. The standard InChI is InChI=1S/C21H23N3O3/c25-19(16-7-6-10-22-14-16)13-21(27)17-8-2-3-9-18(17)24(20(21)26)15-23-11-4-1-5-12-23/h2-3,6-10,14,27H,1,4-5,11-13,15H2/t21-/m0/s1. The summed E-state index contributed by atoms with van der Waals surface area (Å²) in [5.41, 5.74) is -0.247. The van der Waals surface area contributed by atoms with E-state index in [0.29, 0.717) is 23.5 Å². The fraction of sp³-hybridized carbons (Fsp3) is 0.381. The lowest BCUT2D eigenvalue weighted by atomic mass is 9.88. The van der Waals surface area contributed by atoms with E-state index < -0.39 is 11.5 Å². The number of carbonyl (C=O) groups is 2. The van der Waals surface area contributed by atoms with Crippen molar-refractivity contribution in [3.8, 4) is 0 Å². The molecule has 4 rings (SSSR count). The number of hydrogen-bond acceptors (Lipinski definition) is 5. The van der Waals surface area contributed by atoms with Crippen LogP contribution >= 0.6 is 0 Å². The van der Waals surface area contributed by atoms with Crippen LogP contribution in [0.2, 0.25) is 0 Å². The van der Waals surface area contributed by atoms with E-state index >= 15 is 0 Å². The first-order valence-electron chi connectivity index (χ1n) is 9.39. The molecule has 0 bridgehead atoms. The number of likely N-dealkylation sites (tertiary alicyclic amines) is 1. The number of hydrogen-bond donors (Lipinski definition) is 1. The van der Waals surface area contributed by atoms with Gasteiger partial charge in [-0.3, -0.25) is 24.4 Å². The first-order chi connectivity index (χ1) is 13.1. The summed E-state index contributed by atoms with van der Waals surface area (Å²) in [6.07, 6.45) is 6.21. The maximum atomic E-state index is 13.2. The van der Waals surface area contributed by atoms with Gasteiger partial charge in [-0.15, -0.1) is 0 Å². The molecule has 1 N–H and O–H groups in total. The maximum absolute atomic E-state index is 13.2. The van der Waals surface area contributed by atoms with Crippen molar-refractivity contribution < 1.29 is 14.7 Å². The molecule has 140 valence electrons. The van der Waals surface area contributed by atoms with Gasteiger partial charge in [0.2, 0.25) is 0 Å². The Balaban J connectivity index is 1.62. The van der Waals surface area contributed by atoms with Gasteiger partial charge in [0.05, 0.1) is 18.8 Å². The number of aromatic nitrogens is 1. The number of nitrogens with zero attached hydrogens (tertiary/aromatic N) is 3. The van der Waals surface area contributed by atoms with Crippen LogP contribution in [0, 0.1) is 0 Å². The summed E-state index contributed by atoms with van der Waals surface area (Å²) < 4.78 is 0. The summed E-state index contributed by atoms with van der Waals surface area (Å²) >= 11 is 0. The van der Waals surface area contributed by atoms with Crippen molar-refractivity contribution >= 4 is 17.4 Å².